The molecule has 1 aliphatic rings. The molecule has 1 fully saturated rings. The first-order valence-corrected chi connectivity index (χ1v) is 2.87. The molecule has 0 bridgehead atoms. The lowest BCUT2D eigenvalue weighted by Gasteiger charge is -2.52. The summed E-state index contributed by atoms with van der Waals surface area (Å²) < 4.78 is 106. The second kappa shape index (κ2) is 2.28. The molecule has 0 aliphatic carbocycles. The Morgan fingerprint density at radius 3 is 1.14 bits per heavy atom. The minimum atomic E-state index is -6.23. The van der Waals surface area contributed by atoms with Gasteiger partial charge in [-0.3, -0.25) is 0 Å². The van der Waals surface area contributed by atoms with Gasteiger partial charge in [0, 0.05) is 0 Å². The van der Waals surface area contributed by atoms with Gasteiger partial charge in [0.2, 0.25) is 0 Å². The number of halogens is 9. The van der Waals surface area contributed by atoms with Crippen LogP contribution in [0.15, 0.2) is 0 Å². The Balaban J connectivity index is 3.13. The van der Waals surface area contributed by atoms with Gasteiger partial charge < -0.3 is 0 Å². The van der Waals surface area contributed by atoms with Crippen molar-refractivity contribution in [2.75, 3.05) is 0 Å². The lowest BCUT2D eigenvalue weighted by Crippen LogP contribution is -2.84. The van der Waals surface area contributed by atoms with E-state index in [1.165, 1.54) is 0 Å². The fourth-order valence-electron chi connectivity index (χ4n) is 0.904. The summed E-state index contributed by atoms with van der Waals surface area (Å²) in [6, 6.07) is -11.8. The minimum Gasteiger partial charge on any atom is -0.189 e. The maximum atomic E-state index is 11.9. The van der Waals surface area contributed by atoms with Crippen molar-refractivity contribution in [3.05, 3.63) is 0 Å². The SMILES string of the molecule is FC(F)(F)N1C(F)(F)C(F)(F)C1(F)F. The summed E-state index contributed by atoms with van der Waals surface area (Å²) in [7, 11) is 0. The molecule has 0 aromatic heterocycles. The van der Waals surface area contributed by atoms with E-state index in [2.05, 4.69) is 0 Å². The normalized spacial score (nSPS) is 29.8. The first-order valence-electron chi connectivity index (χ1n) is 2.87. The van der Waals surface area contributed by atoms with E-state index >= 15 is 0 Å². The van der Waals surface area contributed by atoms with E-state index in [-0.39, 0.29) is 0 Å². The number of alkyl halides is 9. The predicted octanol–water partition coefficient (Wildman–Crippen LogP) is 2.64. The van der Waals surface area contributed by atoms with E-state index in [4.69, 9.17) is 0 Å². The van der Waals surface area contributed by atoms with Crippen LogP contribution in [-0.4, -0.2) is 29.2 Å². The summed E-state index contributed by atoms with van der Waals surface area (Å²) in [6.45, 7) is 0. The van der Waals surface area contributed by atoms with Crippen LogP contribution in [0.3, 0.4) is 0 Å². The van der Waals surface area contributed by atoms with Gasteiger partial charge in [-0.1, -0.05) is 4.90 Å². The number of rotatable bonds is 0. The van der Waals surface area contributed by atoms with E-state index in [9.17, 15) is 39.5 Å². The molecule has 1 saturated heterocycles. The third-order valence-corrected chi connectivity index (χ3v) is 1.57. The maximum absolute atomic E-state index is 11.9. The van der Waals surface area contributed by atoms with Gasteiger partial charge in [0.05, 0.1) is 0 Å². The molecule has 1 nitrogen and oxygen atoms in total. The molecule has 1 rings (SSSR count). The monoisotopic (exact) mass is 233 g/mol. The third-order valence-electron chi connectivity index (χ3n) is 1.57. The standard InChI is InChI=1S/C4F9N/c5-1(6)2(7,8)14(3(1,9)10)4(11,12)13. The third kappa shape index (κ3) is 0.969. The van der Waals surface area contributed by atoms with E-state index in [0.29, 0.717) is 0 Å². The highest BCUT2D eigenvalue weighted by atomic mass is 19.4. The van der Waals surface area contributed by atoms with Gasteiger partial charge in [-0.05, 0) is 0 Å². The van der Waals surface area contributed by atoms with Gasteiger partial charge in [-0.15, -0.1) is 0 Å². The van der Waals surface area contributed by atoms with Gasteiger partial charge in [0.25, 0.3) is 0 Å². The van der Waals surface area contributed by atoms with E-state index in [1.54, 1.807) is 0 Å². The Labute approximate surface area is 70.1 Å². The van der Waals surface area contributed by atoms with Gasteiger partial charge in [-0.25, -0.2) is 0 Å². The molecule has 0 amide bonds. The highest BCUT2D eigenvalue weighted by Crippen LogP contribution is 2.63. The van der Waals surface area contributed by atoms with Crippen LogP contribution in [0.25, 0.3) is 0 Å². The molecule has 0 radical (unpaired) electrons. The van der Waals surface area contributed by atoms with Crippen molar-refractivity contribution >= 4 is 0 Å². The Kier molecular flexibility index (Phi) is 1.86. The Bertz CT molecular complexity index is 234. The minimum absolute atomic E-state index is 2.77. The van der Waals surface area contributed by atoms with Crippen LogP contribution in [0.5, 0.6) is 0 Å². The maximum Gasteiger partial charge on any atom is 0.469 e. The van der Waals surface area contributed by atoms with Crippen LogP contribution < -0.4 is 0 Å². The lowest BCUT2D eigenvalue weighted by molar-refractivity contribution is -0.563. The largest absolute Gasteiger partial charge is 0.469 e. The predicted molar refractivity (Wildman–Crippen MR) is 22.7 cm³/mol. The summed E-state index contributed by atoms with van der Waals surface area (Å²) in [5, 5.41) is 0. The smallest absolute Gasteiger partial charge is 0.189 e. The molecule has 0 N–H and O–H groups in total. The Morgan fingerprint density at radius 1 is 0.714 bits per heavy atom. The summed E-state index contributed by atoms with van der Waals surface area (Å²) in [4.78, 5) is -2.77. The molecule has 0 aromatic rings. The fraction of sp³-hybridized carbons (Fsp3) is 1.00. The first kappa shape index (κ1) is 11.4. The zero-order valence-electron chi connectivity index (χ0n) is 5.85. The Hall–Kier alpha value is -0.670. The summed E-state index contributed by atoms with van der Waals surface area (Å²) >= 11 is 0. The average Bonchev–Trinajstić information content (AvgIpc) is 1.79. The molecule has 0 unspecified atom stereocenters. The van der Waals surface area contributed by atoms with Crippen LogP contribution in [0.2, 0.25) is 0 Å². The number of hydrogen-bond donors (Lipinski definition) is 0. The van der Waals surface area contributed by atoms with Crippen molar-refractivity contribution in [2.45, 2.75) is 24.3 Å². The molecule has 0 atom stereocenters. The number of nitrogens with zero attached hydrogens (tertiary/aromatic N) is 1. The van der Waals surface area contributed by atoms with Gasteiger partial charge in [0.1, 0.15) is 0 Å². The molecular formula is C4F9N. The fourth-order valence-corrected chi connectivity index (χ4v) is 0.904. The van der Waals surface area contributed by atoms with Crippen molar-refractivity contribution < 1.29 is 39.5 Å². The van der Waals surface area contributed by atoms with Crippen molar-refractivity contribution in [2.24, 2.45) is 0 Å². The van der Waals surface area contributed by atoms with E-state index < -0.39 is 29.2 Å². The van der Waals surface area contributed by atoms with E-state index in [0.717, 1.165) is 0 Å². The molecule has 1 heterocycles. The second-order valence-electron chi connectivity index (χ2n) is 2.46. The molecule has 0 saturated carbocycles. The molecule has 1 aliphatic heterocycles. The lowest BCUT2D eigenvalue weighted by atomic mass is 10.0. The van der Waals surface area contributed by atoms with Gasteiger partial charge in [0.15, 0.2) is 0 Å². The summed E-state index contributed by atoms with van der Waals surface area (Å²) in [6.07, 6.45) is -6.23. The van der Waals surface area contributed by atoms with Gasteiger partial charge in [-0.2, -0.15) is 39.5 Å². The zero-order chi connectivity index (χ0) is 11.6. The molecule has 0 spiro atoms. The molecule has 10 heteroatoms. The average molecular weight is 233 g/mol. The van der Waals surface area contributed by atoms with Crippen LogP contribution in [0, 0.1) is 0 Å². The van der Waals surface area contributed by atoms with Crippen LogP contribution in [0.1, 0.15) is 0 Å². The van der Waals surface area contributed by atoms with Crippen LogP contribution in [0.4, 0.5) is 39.5 Å². The number of likely N-dealkylation sites (tertiary alicyclic amines) is 1. The topological polar surface area (TPSA) is 3.24 Å². The van der Waals surface area contributed by atoms with Crippen molar-refractivity contribution in [3.63, 3.8) is 0 Å². The Morgan fingerprint density at radius 2 is 1.00 bits per heavy atom. The molecule has 14 heavy (non-hydrogen) atoms. The van der Waals surface area contributed by atoms with E-state index in [1.807, 2.05) is 0 Å². The highest BCUT2D eigenvalue weighted by Gasteiger charge is 2.94. The second-order valence-corrected chi connectivity index (χ2v) is 2.46. The zero-order valence-corrected chi connectivity index (χ0v) is 5.85. The van der Waals surface area contributed by atoms with Crippen LogP contribution in [-0.2, 0) is 0 Å². The molecule has 0 aromatic carbocycles. The highest BCUT2D eigenvalue weighted by molar-refractivity contribution is 5.09. The number of hydrogen-bond acceptors (Lipinski definition) is 1. The summed E-state index contributed by atoms with van der Waals surface area (Å²) in [5.41, 5.74) is 0. The van der Waals surface area contributed by atoms with Crippen molar-refractivity contribution in [3.8, 4) is 0 Å². The van der Waals surface area contributed by atoms with Crippen LogP contribution >= 0.6 is 0 Å². The van der Waals surface area contributed by atoms with Crippen molar-refractivity contribution in [1.82, 2.24) is 4.90 Å². The summed E-state index contributed by atoms with van der Waals surface area (Å²) in [5.74, 6) is -6.02. The molecular weight excluding hydrogens is 233 g/mol. The molecule has 84 valence electrons. The quantitative estimate of drug-likeness (QED) is 0.459. The first-order chi connectivity index (χ1) is 5.87. The van der Waals surface area contributed by atoms with Gasteiger partial charge >= 0.3 is 24.3 Å². The van der Waals surface area contributed by atoms with Crippen molar-refractivity contribution in [1.29, 1.82) is 0 Å².